The van der Waals surface area contributed by atoms with Crippen molar-refractivity contribution >= 4 is 17.3 Å². The third-order valence-corrected chi connectivity index (χ3v) is 2.91. The molecule has 5 heteroatoms. The van der Waals surface area contributed by atoms with E-state index in [9.17, 15) is 9.18 Å². The van der Waals surface area contributed by atoms with Crippen LogP contribution in [-0.2, 0) is 0 Å². The SMILES string of the molecule is CN(C(=O)c1cc(F)ccc1N)c1cccc(C#N)c1. The van der Waals surface area contributed by atoms with Gasteiger partial charge in [-0.15, -0.1) is 0 Å². The molecule has 0 bridgehead atoms. The topological polar surface area (TPSA) is 70.1 Å². The molecule has 100 valence electrons. The summed E-state index contributed by atoms with van der Waals surface area (Å²) in [6, 6.07) is 12.2. The van der Waals surface area contributed by atoms with Crippen molar-refractivity contribution < 1.29 is 9.18 Å². The van der Waals surface area contributed by atoms with Crippen molar-refractivity contribution in [3.63, 3.8) is 0 Å². The molecule has 20 heavy (non-hydrogen) atoms. The second-order valence-corrected chi connectivity index (χ2v) is 4.26. The summed E-state index contributed by atoms with van der Waals surface area (Å²) in [6.45, 7) is 0. The van der Waals surface area contributed by atoms with Crippen LogP contribution in [0.15, 0.2) is 42.5 Å². The van der Waals surface area contributed by atoms with E-state index in [1.54, 1.807) is 31.3 Å². The van der Waals surface area contributed by atoms with Crippen molar-refractivity contribution in [1.82, 2.24) is 0 Å². The number of nitrogens with two attached hydrogens (primary N) is 1. The number of anilines is 2. The molecule has 0 aliphatic rings. The van der Waals surface area contributed by atoms with Crippen LogP contribution < -0.4 is 10.6 Å². The Bertz CT molecular complexity index is 707. The van der Waals surface area contributed by atoms with Crippen LogP contribution in [-0.4, -0.2) is 13.0 Å². The number of carbonyl (C=O) groups excluding carboxylic acids is 1. The predicted octanol–water partition coefficient (Wildman–Crippen LogP) is 2.56. The van der Waals surface area contributed by atoms with Crippen LogP contribution >= 0.6 is 0 Å². The van der Waals surface area contributed by atoms with Gasteiger partial charge < -0.3 is 10.6 Å². The van der Waals surface area contributed by atoms with E-state index in [0.717, 1.165) is 6.07 Å². The van der Waals surface area contributed by atoms with Gasteiger partial charge >= 0.3 is 0 Å². The Hall–Kier alpha value is -2.87. The monoisotopic (exact) mass is 269 g/mol. The van der Waals surface area contributed by atoms with Crippen LogP contribution in [0, 0.1) is 17.1 Å². The van der Waals surface area contributed by atoms with E-state index >= 15 is 0 Å². The van der Waals surface area contributed by atoms with Gasteiger partial charge in [0.15, 0.2) is 0 Å². The number of halogens is 1. The predicted molar refractivity (Wildman–Crippen MR) is 74.7 cm³/mol. The van der Waals surface area contributed by atoms with Crippen LogP contribution in [0.4, 0.5) is 15.8 Å². The number of nitrogen functional groups attached to an aromatic ring is 1. The number of rotatable bonds is 2. The zero-order chi connectivity index (χ0) is 14.7. The molecule has 1 amide bonds. The van der Waals surface area contributed by atoms with Crippen molar-refractivity contribution in [2.24, 2.45) is 0 Å². The Kier molecular flexibility index (Phi) is 3.67. The smallest absolute Gasteiger partial charge is 0.260 e. The van der Waals surface area contributed by atoms with Gasteiger partial charge in [-0.05, 0) is 36.4 Å². The minimum absolute atomic E-state index is 0.0925. The summed E-state index contributed by atoms with van der Waals surface area (Å²) in [6.07, 6.45) is 0. The number of carbonyl (C=O) groups is 1. The summed E-state index contributed by atoms with van der Waals surface area (Å²) >= 11 is 0. The minimum atomic E-state index is -0.526. The Morgan fingerprint density at radius 3 is 2.75 bits per heavy atom. The maximum Gasteiger partial charge on any atom is 0.260 e. The van der Waals surface area contributed by atoms with E-state index in [0.29, 0.717) is 11.3 Å². The second-order valence-electron chi connectivity index (χ2n) is 4.26. The van der Waals surface area contributed by atoms with Crippen molar-refractivity contribution in [1.29, 1.82) is 5.26 Å². The highest BCUT2D eigenvalue weighted by Crippen LogP contribution is 2.20. The van der Waals surface area contributed by atoms with Gasteiger partial charge in [0.2, 0.25) is 0 Å². The molecule has 0 radical (unpaired) electrons. The molecule has 0 aliphatic heterocycles. The Morgan fingerprint density at radius 2 is 2.05 bits per heavy atom. The fourth-order valence-corrected chi connectivity index (χ4v) is 1.80. The lowest BCUT2D eigenvalue weighted by atomic mass is 10.1. The van der Waals surface area contributed by atoms with Crippen molar-refractivity contribution in [2.45, 2.75) is 0 Å². The molecule has 0 saturated carbocycles. The molecule has 4 nitrogen and oxygen atoms in total. The largest absolute Gasteiger partial charge is 0.398 e. The number of nitrogens with zero attached hydrogens (tertiary/aromatic N) is 2. The lowest BCUT2D eigenvalue weighted by molar-refractivity contribution is 0.0993. The molecule has 0 fully saturated rings. The van der Waals surface area contributed by atoms with E-state index in [2.05, 4.69) is 0 Å². The van der Waals surface area contributed by atoms with E-state index in [1.807, 2.05) is 6.07 Å². The van der Waals surface area contributed by atoms with E-state index < -0.39 is 11.7 Å². The Morgan fingerprint density at radius 1 is 1.30 bits per heavy atom. The molecule has 2 N–H and O–H groups in total. The zero-order valence-electron chi connectivity index (χ0n) is 10.8. The van der Waals surface area contributed by atoms with Gasteiger partial charge in [-0.25, -0.2) is 4.39 Å². The van der Waals surface area contributed by atoms with Gasteiger partial charge in [-0.2, -0.15) is 5.26 Å². The summed E-state index contributed by atoms with van der Waals surface area (Å²) in [5, 5.41) is 8.86. The fraction of sp³-hybridized carbons (Fsp3) is 0.0667. The summed E-state index contributed by atoms with van der Waals surface area (Å²) in [5.41, 5.74) is 6.98. The van der Waals surface area contributed by atoms with Crippen molar-refractivity contribution in [3.8, 4) is 6.07 Å². The molecule has 2 rings (SSSR count). The number of nitriles is 1. The van der Waals surface area contributed by atoms with Gasteiger partial charge in [0, 0.05) is 18.4 Å². The van der Waals surface area contributed by atoms with E-state index in [1.165, 1.54) is 17.0 Å². The standard InChI is InChI=1S/C15H12FN3O/c1-19(12-4-2-3-10(7-12)9-17)15(20)13-8-11(16)5-6-14(13)18/h2-8H,18H2,1H3. The Balaban J connectivity index is 2.37. The molecule has 0 heterocycles. The quantitative estimate of drug-likeness (QED) is 0.852. The highest BCUT2D eigenvalue weighted by molar-refractivity contribution is 6.09. The second kappa shape index (κ2) is 5.41. The first kappa shape index (κ1) is 13.6. The number of amides is 1. The van der Waals surface area contributed by atoms with Crippen LogP contribution in [0.2, 0.25) is 0 Å². The molecular formula is C15H12FN3O. The third kappa shape index (κ3) is 2.59. The summed E-state index contributed by atoms with van der Waals surface area (Å²) in [4.78, 5) is 13.6. The first-order valence-electron chi connectivity index (χ1n) is 5.86. The maximum atomic E-state index is 13.2. The zero-order valence-corrected chi connectivity index (χ0v) is 10.8. The minimum Gasteiger partial charge on any atom is -0.398 e. The summed E-state index contributed by atoms with van der Waals surface area (Å²) in [5.74, 6) is -0.959. The molecule has 2 aromatic carbocycles. The van der Waals surface area contributed by atoms with Gasteiger partial charge in [0.05, 0.1) is 17.2 Å². The van der Waals surface area contributed by atoms with Crippen LogP contribution in [0.25, 0.3) is 0 Å². The summed E-state index contributed by atoms with van der Waals surface area (Å²) in [7, 11) is 1.54. The van der Waals surface area contributed by atoms with Gasteiger partial charge in [0.25, 0.3) is 5.91 Å². The molecule has 0 atom stereocenters. The van der Waals surface area contributed by atoms with Crippen LogP contribution in [0.1, 0.15) is 15.9 Å². The molecule has 0 unspecified atom stereocenters. The van der Waals surface area contributed by atoms with Gasteiger partial charge in [-0.3, -0.25) is 4.79 Å². The van der Waals surface area contributed by atoms with E-state index in [4.69, 9.17) is 11.0 Å². The molecule has 2 aromatic rings. The normalized spacial score (nSPS) is 9.85. The Labute approximate surface area is 115 Å². The highest BCUT2D eigenvalue weighted by Gasteiger charge is 2.17. The third-order valence-electron chi connectivity index (χ3n) is 2.91. The van der Waals surface area contributed by atoms with Crippen LogP contribution in [0.5, 0.6) is 0 Å². The number of benzene rings is 2. The molecule has 0 saturated heterocycles. The van der Waals surface area contributed by atoms with E-state index in [-0.39, 0.29) is 11.3 Å². The average molecular weight is 269 g/mol. The molecular weight excluding hydrogens is 257 g/mol. The highest BCUT2D eigenvalue weighted by atomic mass is 19.1. The molecule has 0 spiro atoms. The number of hydrogen-bond donors (Lipinski definition) is 1. The first-order chi connectivity index (χ1) is 9.52. The molecule has 0 aromatic heterocycles. The average Bonchev–Trinajstić information content (AvgIpc) is 2.48. The maximum absolute atomic E-state index is 13.2. The first-order valence-corrected chi connectivity index (χ1v) is 5.86. The number of hydrogen-bond acceptors (Lipinski definition) is 3. The van der Waals surface area contributed by atoms with Crippen LogP contribution in [0.3, 0.4) is 0 Å². The van der Waals surface area contributed by atoms with Crippen molar-refractivity contribution in [3.05, 3.63) is 59.4 Å². The molecule has 0 aliphatic carbocycles. The fourth-order valence-electron chi connectivity index (χ4n) is 1.80. The summed E-state index contributed by atoms with van der Waals surface area (Å²) < 4.78 is 13.2. The van der Waals surface area contributed by atoms with Gasteiger partial charge in [0.1, 0.15) is 5.82 Å². The lowest BCUT2D eigenvalue weighted by Gasteiger charge is -2.18. The van der Waals surface area contributed by atoms with Gasteiger partial charge in [-0.1, -0.05) is 6.07 Å². The van der Waals surface area contributed by atoms with Crippen molar-refractivity contribution in [2.75, 3.05) is 17.7 Å². The lowest BCUT2D eigenvalue weighted by Crippen LogP contribution is -2.27.